The minimum absolute atomic E-state index is 0.260. The highest BCUT2D eigenvalue weighted by Crippen LogP contribution is 2.27. The number of nitrogens with two attached hydrogens (primary N) is 1. The number of anilines is 1. The molecular weight excluding hydrogens is 223 g/mol. The summed E-state index contributed by atoms with van der Waals surface area (Å²) in [5.74, 6) is 0.669. The van der Waals surface area contributed by atoms with Crippen LogP contribution in [0, 0.1) is 0 Å². The lowest BCUT2D eigenvalue weighted by atomic mass is 10.2. The number of hydrogen-bond donors (Lipinski definition) is 1. The molecule has 1 heterocycles. The van der Waals surface area contributed by atoms with E-state index in [-0.39, 0.29) is 5.88 Å². The van der Waals surface area contributed by atoms with Crippen molar-refractivity contribution in [3.05, 3.63) is 34.4 Å². The first-order valence-electron chi connectivity index (χ1n) is 3.83. The van der Waals surface area contributed by atoms with E-state index in [1.807, 2.05) is 0 Å². The third-order valence-electron chi connectivity index (χ3n) is 1.63. The summed E-state index contributed by atoms with van der Waals surface area (Å²) in [5.41, 5.74) is 6.10. The van der Waals surface area contributed by atoms with Crippen LogP contribution < -0.4 is 5.73 Å². The zero-order valence-electron chi connectivity index (χ0n) is 7.00. The van der Waals surface area contributed by atoms with E-state index < -0.39 is 0 Å². The highest BCUT2D eigenvalue weighted by atomic mass is 35.5. The van der Waals surface area contributed by atoms with Gasteiger partial charge >= 0.3 is 0 Å². The molecule has 0 fully saturated rings. The summed E-state index contributed by atoms with van der Waals surface area (Å²) >= 11 is 11.6. The topological polar surface area (TPSA) is 52.0 Å². The van der Waals surface area contributed by atoms with Gasteiger partial charge < -0.3 is 10.2 Å². The van der Waals surface area contributed by atoms with Crippen molar-refractivity contribution in [3.8, 4) is 11.5 Å². The molecule has 0 aliphatic carbocycles. The second kappa shape index (κ2) is 3.52. The number of oxazole rings is 1. The monoisotopic (exact) mass is 228 g/mol. The van der Waals surface area contributed by atoms with Gasteiger partial charge in [-0.25, -0.2) is 4.98 Å². The number of rotatable bonds is 1. The van der Waals surface area contributed by atoms with Gasteiger partial charge in [0.15, 0.2) is 0 Å². The molecule has 14 heavy (non-hydrogen) atoms. The van der Waals surface area contributed by atoms with E-state index in [0.29, 0.717) is 21.5 Å². The molecule has 2 rings (SSSR count). The molecule has 0 amide bonds. The normalized spacial score (nSPS) is 10.4. The summed E-state index contributed by atoms with van der Waals surface area (Å²) in [5, 5.41) is 1.06. The molecule has 2 aromatic rings. The van der Waals surface area contributed by atoms with Crippen LogP contribution in [0.15, 0.2) is 28.8 Å². The van der Waals surface area contributed by atoms with Gasteiger partial charge in [-0.15, -0.1) is 0 Å². The van der Waals surface area contributed by atoms with Gasteiger partial charge in [-0.2, -0.15) is 0 Å². The Morgan fingerprint density at radius 3 is 2.29 bits per heavy atom. The van der Waals surface area contributed by atoms with Crippen LogP contribution in [0.25, 0.3) is 11.5 Å². The van der Waals surface area contributed by atoms with Crippen molar-refractivity contribution in [1.29, 1.82) is 0 Å². The Kier molecular flexibility index (Phi) is 2.35. The lowest BCUT2D eigenvalue weighted by molar-refractivity contribution is 0.594. The third-order valence-corrected chi connectivity index (χ3v) is 2.07. The van der Waals surface area contributed by atoms with Crippen LogP contribution in [0.3, 0.4) is 0 Å². The highest BCUT2D eigenvalue weighted by Gasteiger charge is 2.06. The second-order valence-corrected chi connectivity index (χ2v) is 3.60. The van der Waals surface area contributed by atoms with Crippen LogP contribution in [0.5, 0.6) is 0 Å². The maximum absolute atomic E-state index is 5.82. The Morgan fingerprint density at radius 2 is 1.79 bits per heavy atom. The Hall–Kier alpha value is -1.19. The number of aromatic nitrogens is 1. The summed E-state index contributed by atoms with van der Waals surface area (Å²) in [7, 11) is 0. The SMILES string of the molecule is Nc1cnc(-c2cc(Cl)cc(Cl)c2)o1. The minimum Gasteiger partial charge on any atom is -0.421 e. The maximum atomic E-state index is 5.82. The van der Waals surface area contributed by atoms with E-state index in [4.69, 9.17) is 33.4 Å². The summed E-state index contributed by atoms with van der Waals surface area (Å²) in [6, 6.07) is 5.05. The highest BCUT2D eigenvalue weighted by molar-refractivity contribution is 6.35. The Labute approximate surface area is 90.4 Å². The summed E-state index contributed by atoms with van der Waals surface area (Å²) in [6.07, 6.45) is 1.43. The lowest BCUT2D eigenvalue weighted by Gasteiger charge is -1.97. The van der Waals surface area contributed by atoms with E-state index in [9.17, 15) is 0 Å². The van der Waals surface area contributed by atoms with Crippen LogP contribution in [-0.4, -0.2) is 4.98 Å². The van der Waals surface area contributed by atoms with E-state index in [0.717, 1.165) is 0 Å². The van der Waals surface area contributed by atoms with Crippen molar-refractivity contribution in [2.45, 2.75) is 0 Å². The van der Waals surface area contributed by atoms with Crippen LogP contribution in [0.1, 0.15) is 0 Å². The molecule has 2 N–H and O–H groups in total. The molecule has 0 saturated heterocycles. The predicted molar refractivity (Wildman–Crippen MR) is 56.4 cm³/mol. The predicted octanol–water partition coefficient (Wildman–Crippen LogP) is 3.23. The number of benzene rings is 1. The van der Waals surface area contributed by atoms with Crippen molar-refractivity contribution in [3.63, 3.8) is 0 Å². The Morgan fingerprint density at radius 1 is 1.14 bits per heavy atom. The van der Waals surface area contributed by atoms with E-state index >= 15 is 0 Å². The molecule has 0 spiro atoms. The molecule has 0 bridgehead atoms. The standard InChI is InChI=1S/C9H6Cl2N2O/c10-6-1-5(2-7(11)3-6)9-13-4-8(12)14-9/h1-4H,12H2. The van der Waals surface area contributed by atoms with E-state index in [1.165, 1.54) is 6.20 Å². The molecule has 0 unspecified atom stereocenters. The first-order valence-corrected chi connectivity index (χ1v) is 4.58. The largest absolute Gasteiger partial charge is 0.421 e. The summed E-state index contributed by atoms with van der Waals surface area (Å²) in [6.45, 7) is 0. The fourth-order valence-electron chi connectivity index (χ4n) is 1.10. The Bertz CT molecular complexity index is 447. The van der Waals surface area contributed by atoms with Crippen molar-refractivity contribution in [1.82, 2.24) is 4.98 Å². The molecular formula is C9H6Cl2N2O. The molecule has 3 nitrogen and oxygen atoms in total. The number of hydrogen-bond acceptors (Lipinski definition) is 3. The van der Waals surface area contributed by atoms with E-state index in [2.05, 4.69) is 4.98 Å². The van der Waals surface area contributed by atoms with E-state index in [1.54, 1.807) is 18.2 Å². The van der Waals surface area contributed by atoms with Crippen LogP contribution in [-0.2, 0) is 0 Å². The lowest BCUT2D eigenvalue weighted by Crippen LogP contribution is -1.78. The Balaban J connectivity index is 2.51. The van der Waals surface area contributed by atoms with Gasteiger partial charge in [0, 0.05) is 15.6 Å². The molecule has 5 heteroatoms. The van der Waals surface area contributed by atoms with Gasteiger partial charge in [-0.3, -0.25) is 0 Å². The number of nitrogen functional groups attached to an aromatic ring is 1. The maximum Gasteiger partial charge on any atom is 0.228 e. The molecule has 0 saturated carbocycles. The first-order chi connectivity index (χ1) is 6.65. The molecule has 72 valence electrons. The van der Waals surface area contributed by atoms with Crippen molar-refractivity contribution >= 4 is 29.1 Å². The van der Waals surface area contributed by atoms with Crippen molar-refractivity contribution < 1.29 is 4.42 Å². The van der Waals surface area contributed by atoms with Crippen LogP contribution >= 0.6 is 23.2 Å². The second-order valence-electron chi connectivity index (χ2n) is 2.73. The van der Waals surface area contributed by atoms with Crippen LogP contribution in [0.2, 0.25) is 10.0 Å². The smallest absolute Gasteiger partial charge is 0.228 e. The molecule has 0 radical (unpaired) electrons. The van der Waals surface area contributed by atoms with Gasteiger partial charge in [-0.05, 0) is 18.2 Å². The van der Waals surface area contributed by atoms with Gasteiger partial charge in [-0.1, -0.05) is 23.2 Å². The molecule has 0 aliphatic heterocycles. The number of halogens is 2. The zero-order chi connectivity index (χ0) is 10.1. The summed E-state index contributed by atoms with van der Waals surface area (Å²) < 4.78 is 5.13. The fraction of sp³-hybridized carbons (Fsp3) is 0. The summed E-state index contributed by atoms with van der Waals surface area (Å²) in [4.78, 5) is 3.96. The minimum atomic E-state index is 0.260. The molecule has 1 aromatic heterocycles. The molecule has 1 aromatic carbocycles. The molecule has 0 aliphatic rings. The third kappa shape index (κ3) is 1.84. The van der Waals surface area contributed by atoms with Gasteiger partial charge in [0.1, 0.15) is 0 Å². The average Bonchev–Trinajstić information content (AvgIpc) is 2.50. The van der Waals surface area contributed by atoms with Crippen molar-refractivity contribution in [2.24, 2.45) is 0 Å². The fourth-order valence-corrected chi connectivity index (χ4v) is 1.62. The van der Waals surface area contributed by atoms with Gasteiger partial charge in [0.25, 0.3) is 0 Å². The van der Waals surface area contributed by atoms with Gasteiger partial charge in [0.2, 0.25) is 11.8 Å². The van der Waals surface area contributed by atoms with Crippen molar-refractivity contribution in [2.75, 3.05) is 5.73 Å². The number of nitrogens with zero attached hydrogens (tertiary/aromatic N) is 1. The first kappa shape index (κ1) is 9.37. The zero-order valence-corrected chi connectivity index (χ0v) is 8.51. The molecule has 0 atom stereocenters. The quantitative estimate of drug-likeness (QED) is 0.816. The average molecular weight is 229 g/mol. The van der Waals surface area contributed by atoms with Gasteiger partial charge in [0.05, 0.1) is 6.20 Å². The van der Waals surface area contributed by atoms with Crippen LogP contribution in [0.4, 0.5) is 5.88 Å².